The van der Waals surface area contributed by atoms with Gasteiger partial charge in [0.2, 0.25) is 0 Å². The predicted octanol–water partition coefficient (Wildman–Crippen LogP) is 2.73. The molecule has 138 valence electrons. The van der Waals surface area contributed by atoms with Crippen LogP contribution >= 0.6 is 0 Å². The topological polar surface area (TPSA) is 41.5 Å². The highest BCUT2D eigenvalue weighted by Gasteiger charge is 2.43. The van der Waals surface area contributed by atoms with Gasteiger partial charge in [-0.1, -0.05) is 6.07 Å². The fourth-order valence-corrected chi connectivity index (χ4v) is 4.20. The molecule has 2 aromatic heterocycles. The molecule has 0 saturated carbocycles. The first-order valence-electron chi connectivity index (χ1n) is 9.58. The Kier molecular flexibility index (Phi) is 5.29. The maximum atomic E-state index is 6.36. The summed E-state index contributed by atoms with van der Waals surface area (Å²) in [6, 6.07) is 10.8. The van der Waals surface area contributed by atoms with Crippen LogP contribution in [-0.4, -0.2) is 58.2 Å². The lowest BCUT2D eigenvalue weighted by molar-refractivity contribution is -0.0454. The van der Waals surface area contributed by atoms with E-state index >= 15 is 0 Å². The Labute approximate surface area is 156 Å². The van der Waals surface area contributed by atoms with Crippen molar-refractivity contribution in [1.82, 2.24) is 19.8 Å². The van der Waals surface area contributed by atoms with E-state index in [-0.39, 0.29) is 5.60 Å². The molecule has 0 N–H and O–H groups in total. The van der Waals surface area contributed by atoms with Gasteiger partial charge in [0, 0.05) is 50.8 Å². The van der Waals surface area contributed by atoms with Crippen molar-refractivity contribution in [3.8, 4) is 0 Å². The summed E-state index contributed by atoms with van der Waals surface area (Å²) in [6.45, 7) is 4.94. The fraction of sp³-hybridized carbons (Fsp3) is 0.524. The summed E-state index contributed by atoms with van der Waals surface area (Å²) in [7, 11) is 2.21. The summed E-state index contributed by atoms with van der Waals surface area (Å²) in [5.74, 6) is 0. The second-order valence-electron chi connectivity index (χ2n) is 7.72. The number of piperidine rings is 1. The summed E-state index contributed by atoms with van der Waals surface area (Å²) in [4.78, 5) is 13.5. The Hall–Kier alpha value is -1.82. The van der Waals surface area contributed by atoms with Crippen molar-refractivity contribution in [1.29, 1.82) is 0 Å². The molecule has 0 bridgehead atoms. The van der Waals surface area contributed by atoms with Crippen LogP contribution in [0.25, 0.3) is 0 Å². The van der Waals surface area contributed by atoms with Crippen LogP contribution in [-0.2, 0) is 17.8 Å². The van der Waals surface area contributed by atoms with Crippen molar-refractivity contribution >= 4 is 0 Å². The van der Waals surface area contributed by atoms with Crippen LogP contribution in [0, 0.1) is 0 Å². The van der Waals surface area contributed by atoms with Crippen molar-refractivity contribution in [2.24, 2.45) is 0 Å². The zero-order valence-electron chi connectivity index (χ0n) is 15.6. The smallest absolute Gasteiger partial charge is 0.0723 e. The molecule has 2 aliphatic rings. The molecule has 2 aliphatic heterocycles. The number of pyridine rings is 2. The molecular formula is C21H28N4O. The number of ether oxygens (including phenoxy) is 1. The van der Waals surface area contributed by atoms with Crippen LogP contribution in [0.5, 0.6) is 0 Å². The highest BCUT2D eigenvalue weighted by molar-refractivity contribution is 5.10. The number of likely N-dealkylation sites (N-methyl/N-ethyl adjacent to an activating group) is 1. The molecule has 1 atom stereocenters. The van der Waals surface area contributed by atoms with Crippen LogP contribution in [0.3, 0.4) is 0 Å². The number of aromatic nitrogens is 2. The van der Waals surface area contributed by atoms with E-state index in [0.717, 1.165) is 57.7 Å². The second-order valence-corrected chi connectivity index (χ2v) is 7.72. The van der Waals surface area contributed by atoms with Crippen molar-refractivity contribution in [3.63, 3.8) is 0 Å². The third-order valence-corrected chi connectivity index (χ3v) is 5.87. The average Bonchev–Trinajstić information content (AvgIpc) is 3.10. The van der Waals surface area contributed by atoms with Crippen molar-refractivity contribution in [3.05, 3.63) is 60.2 Å². The molecule has 2 saturated heterocycles. The van der Waals surface area contributed by atoms with Gasteiger partial charge in [0.15, 0.2) is 0 Å². The van der Waals surface area contributed by atoms with Gasteiger partial charge in [-0.25, -0.2) is 0 Å². The SMILES string of the molecule is CN(Cc1ccncc1)C1COC2(CCN(Cc3ccccn3)CC2)C1. The number of nitrogens with zero attached hydrogens (tertiary/aromatic N) is 4. The fourth-order valence-electron chi connectivity index (χ4n) is 4.20. The molecule has 4 rings (SSSR count). The van der Waals surface area contributed by atoms with Crippen molar-refractivity contribution in [2.75, 3.05) is 26.7 Å². The third-order valence-electron chi connectivity index (χ3n) is 5.87. The Balaban J connectivity index is 1.28. The second kappa shape index (κ2) is 7.82. The van der Waals surface area contributed by atoms with E-state index in [1.165, 1.54) is 5.56 Å². The molecule has 2 aromatic rings. The first-order chi connectivity index (χ1) is 12.7. The van der Waals surface area contributed by atoms with Gasteiger partial charge < -0.3 is 4.74 Å². The van der Waals surface area contributed by atoms with E-state index in [1.54, 1.807) is 0 Å². The maximum Gasteiger partial charge on any atom is 0.0723 e. The predicted molar refractivity (Wildman–Crippen MR) is 102 cm³/mol. The molecule has 0 amide bonds. The molecule has 4 heterocycles. The summed E-state index contributed by atoms with van der Waals surface area (Å²) < 4.78 is 6.36. The molecule has 0 radical (unpaired) electrons. The lowest BCUT2D eigenvalue weighted by Gasteiger charge is -2.38. The first-order valence-corrected chi connectivity index (χ1v) is 9.58. The zero-order chi connectivity index (χ0) is 17.8. The molecule has 1 spiro atoms. The van der Waals surface area contributed by atoms with E-state index in [2.05, 4.69) is 51.1 Å². The highest BCUT2D eigenvalue weighted by atomic mass is 16.5. The van der Waals surface area contributed by atoms with Crippen molar-refractivity contribution in [2.45, 2.75) is 44.0 Å². The van der Waals surface area contributed by atoms with Crippen LogP contribution in [0.2, 0.25) is 0 Å². The van der Waals surface area contributed by atoms with Crippen LogP contribution in [0.4, 0.5) is 0 Å². The third kappa shape index (κ3) is 4.11. The van der Waals surface area contributed by atoms with Gasteiger partial charge in [-0.2, -0.15) is 0 Å². The van der Waals surface area contributed by atoms with E-state index in [4.69, 9.17) is 4.74 Å². The largest absolute Gasteiger partial charge is 0.373 e. The van der Waals surface area contributed by atoms with Gasteiger partial charge in [0.1, 0.15) is 0 Å². The normalized spacial score (nSPS) is 22.9. The molecule has 2 fully saturated rings. The standard InChI is InChI=1S/C21H28N4O/c1-24(15-18-5-10-22-11-6-18)20-14-21(26-17-20)7-12-25(13-8-21)16-19-4-2-3-9-23-19/h2-6,9-11,20H,7-8,12-17H2,1H3. The highest BCUT2D eigenvalue weighted by Crippen LogP contribution is 2.37. The quantitative estimate of drug-likeness (QED) is 0.828. The zero-order valence-corrected chi connectivity index (χ0v) is 15.6. The van der Waals surface area contributed by atoms with Crippen molar-refractivity contribution < 1.29 is 4.74 Å². The Morgan fingerprint density at radius 1 is 1.15 bits per heavy atom. The van der Waals surface area contributed by atoms with E-state index in [9.17, 15) is 0 Å². The van der Waals surface area contributed by atoms with E-state index in [0.29, 0.717) is 6.04 Å². The number of hydrogen-bond acceptors (Lipinski definition) is 5. The molecule has 0 aromatic carbocycles. The summed E-state index contributed by atoms with van der Waals surface area (Å²) in [5.41, 5.74) is 2.55. The average molecular weight is 352 g/mol. The van der Waals surface area contributed by atoms with Gasteiger partial charge in [0.05, 0.1) is 17.9 Å². The Morgan fingerprint density at radius 2 is 1.96 bits per heavy atom. The van der Waals surface area contributed by atoms with Gasteiger partial charge >= 0.3 is 0 Å². The molecule has 0 aliphatic carbocycles. The Morgan fingerprint density at radius 3 is 2.69 bits per heavy atom. The van der Waals surface area contributed by atoms with Crippen LogP contribution in [0.1, 0.15) is 30.5 Å². The van der Waals surface area contributed by atoms with Crippen LogP contribution in [0.15, 0.2) is 48.9 Å². The molecule has 5 heteroatoms. The summed E-state index contributed by atoms with van der Waals surface area (Å²) in [6.07, 6.45) is 9.01. The van der Waals surface area contributed by atoms with E-state index in [1.807, 2.05) is 24.7 Å². The number of hydrogen-bond donors (Lipinski definition) is 0. The maximum absolute atomic E-state index is 6.36. The monoisotopic (exact) mass is 352 g/mol. The molecule has 1 unspecified atom stereocenters. The first kappa shape index (κ1) is 17.6. The summed E-state index contributed by atoms with van der Waals surface area (Å²) in [5, 5.41) is 0. The molecule has 26 heavy (non-hydrogen) atoms. The minimum atomic E-state index is 0.0811. The van der Waals surface area contributed by atoms with Gasteiger partial charge in [-0.05, 0) is 56.1 Å². The lowest BCUT2D eigenvalue weighted by atomic mass is 9.87. The number of rotatable bonds is 5. The van der Waals surface area contributed by atoms with E-state index < -0.39 is 0 Å². The minimum absolute atomic E-state index is 0.0811. The van der Waals surface area contributed by atoms with Gasteiger partial charge in [-0.3, -0.25) is 19.8 Å². The summed E-state index contributed by atoms with van der Waals surface area (Å²) >= 11 is 0. The molecule has 5 nitrogen and oxygen atoms in total. The minimum Gasteiger partial charge on any atom is -0.373 e. The van der Waals surface area contributed by atoms with Gasteiger partial charge in [-0.15, -0.1) is 0 Å². The van der Waals surface area contributed by atoms with Crippen LogP contribution < -0.4 is 0 Å². The Bertz CT molecular complexity index is 686. The lowest BCUT2D eigenvalue weighted by Crippen LogP contribution is -2.44. The molecular weight excluding hydrogens is 324 g/mol. The number of likely N-dealkylation sites (tertiary alicyclic amines) is 1. The van der Waals surface area contributed by atoms with Gasteiger partial charge in [0.25, 0.3) is 0 Å².